The van der Waals surface area contributed by atoms with Gasteiger partial charge in [-0.2, -0.15) is 9.36 Å². The van der Waals surface area contributed by atoms with E-state index >= 15 is 0 Å². The van der Waals surface area contributed by atoms with Crippen LogP contribution in [-0.2, 0) is 25.8 Å². The first-order valence-electron chi connectivity index (χ1n) is 10.3. The van der Waals surface area contributed by atoms with E-state index in [1.54, 1.807) is 6.33 Å². The second-order valence-electron chi connectivity index (χ2n) is 7.29. The van der Waals surface area contributed by atoms with Crippen LogP contribution in [0.4, 0.5) is 5.13 Å². The Balaban J connectivity index is 1.48. The number of amides is 2. The molecular formula is C18H21N9O5S3. The summed E-state index contributed by atoms with van der Waals surface area (Å²) in [7, 11) is 1.25. The van der Waals surface area contributed by atoms with Crippen molar-refractivity contribution in [1.29, 1.82) is 0 Å². The molecule has 1 fully saturated rings. The minimum absolute atomic E-state index is 0.0341. The molecule has 4 N–H and O–H groups in total. The maximum atomic E-state index is 12.9. The van der Waals surface area contributed by atoms with Gasteiger partial charge in [0.1, 0.15) is 30.5 Å². The Morgan fingerprint density at radius 2 is 2.26 bits per heavy atom. The van der Waals surface area contributed by atoms with Crippen LogP contribution in [0.15, 0.2) is 27.9 Å². The molecule has 1 unspecified atom stereocenters. The number of carbonyl (C=O) groups excluding carboxylic acids is 2. The summed E-state index contributed by atoms with van der Waals surface area (Å²) in [6.07, 6.45) is 2.54. The summed E-state index contributed by atoms with van der Waals surface area (Å²) in [6.45, 7) is 2.79. The number of thioether (sulfide) groups is 2. The largest absolute Gasteiger partial charge is 0.477 e. The summed E-state index contributed by atoms with van der Waals surface area (Å²) in [5.74, 6) is -1.80. The molecule has 0 bridgehead atoms. The molecule has 2 aromatic rings. The molecule has 2 aliphatic rings. The van der Waals surface area contributed by atoms with Crippen LogP contribution in [0.25, 0.3) is 0 Å². The summed E-state index contributed by atoms with van der Waals surface area (Å²) in [5.41, 5.74) is 5.86. The van der Waals surface area contributed by atoms with Crippen LogP contribution in [0.3, 0.4) is 0 Å². The molecule has 186 valence electrons. The van der Waals surface area contributed by atoms with E-state index in [2.05, 4.69) is 30.0 Å². The Bertz CT molecular complexity index is 1210. The highest BCUT2D eigenvalue weighted by Crippen LogP contribution is 2.41. The van der Waals surface area contributed by atoms with E-state index in [4.69, 9.17) is 10.6 Å². The molecule has 35 heavy (non-hydrogen) atoms. The Labute approximate surface area is 211 Å². The lowest BCUT2D eigenvalue weighted by atomic mass is 10.0. The van der Waals surface area contributed by atoms with Crippen molar-refractivity contribution < 1.29 is 24.3 Å². The number of nitrogens with one attached hydrogen (secondary N) is 1. The number of β-lactam (4-membered cyclic amide) rings is 1. The number of carbonyl (C=O) groups is 3. The van der Waals surface area contributed by atoms with Crippen LogP contribution in [-0.4, -0.2) is 87.7 Å². The third kappa shape index (κ3) is 4.96. The quantitative estimate of drug-likeness (QED) is 0.159. The molecule has 17 heteroatoms. The van der Waals surface area contributed by atoms with Crippen molar-refractivity contribution in [3.05, 3.63) is 23.4 Å². The number of fused-ring (bicyclic) bond motifs is 1. The van der Waals surface area contributed by atoms with Crippen molar-refractivity contribution in [3.8, 4) is 0 Å². The van der Waals surface area contributed by atoms with E-state index in [0.717, 1.165) is 24.5 Å². The van der Waals surface area contributed by atoms with Gasteiger partial charge in [0.05, 0.1) is 0 Å². The second kappa shape index (κ2) is 10.6. The Hall–Kier alpha value is -3.18. The lowest BCUT2D eigenvalue weighted by Gasteiger charge is -2.49. The number of rotatable bonds is 10. The highest BCUT2D eigenvalue weighted by Gasteiger charge is 2.54. The van der Waals surface area contributed by atoms with Gasteiger partial charge in [-0.1, -0.05) is 23.8 Å². The van der Waals surface area contributed by atoms with Crippen LogP contribution in [0.1, 0.15) is 19.2 Å². The number of hydrogen-bond donors (Lipinski definition) is 3. The van der Waals surface area contributed by atoms with E-state index in [1.165, 1.54) is 35.5 Å². The molecule has 4 rings (SSSR count). The average Bonchev–Trinajstić information content (AvgIpc) is 3.47. The number of oxime groups is 1. The lowest BCUT2D eigenvalue weighted by Crippen LogP contribution is -2.71. The Morgan fingerprint density at radius 3 is 2.91 bits per heavy atom. The highest BCUT2D eigenvalue weighted by molar-refractivity contribution is 8.01. The van der Waals surface area contributed by atoms with Gasteiger partial charge in [-0.05, 0) is 12.0 Å². The normalized spacial score (nSPS) is 19.9. The number of anilines is 1. The van der Waals surface area contributed by atoms with Crippen molar-refractivity contribution in [2.75, 3.05) is 24.3 Å². The number of carboxylic acid groups (broad SMARTS) is 1. The predicted octanol–water partition coefficient (Wildman–Crippen LogP) is 0.00320. The number of nitrogens with zero attached hydrogens (tertiary/aromatic N) is 7. The first kappa shape index (κ1) is 24.9. The fraction of sp³-hybridized carbons (Fsp3) is 0.444. The zero-order valence-corrected chi connectivity index (χ0v) is 21.0. The van der Waals surface area contributed by atoms with Gasteiger partial charge in [-0.25, -0.2) is 4.79 Å². The molecule has 0 aliphatic carbocycles. The van der Waals surface area contributed by atoms with Crippen molar-refractivity contribution >= 4 is 63.7 Å². The van der Waals surface area contributed by atoms with Crippen LogP contribution in [0.2, 0.25) is 0 Å². The Morgan fingerprint density at radius 1 is 1.46 bits per heavy atom. The number of aryl methyl sites for hydroxylation is 1. The van der Waals surface area contributed by atoms with Crippen LogP contribution >= 0.6 is 35.1 Å². The van der Waals surface area contributed by atoms with Gasteiger partial charge in [-0.15, -0.1) is 22.0 Å². The third-order valence-electron chi connectivity index (χ3n) is 5.01. The van der Waals surface area contributed by atoms with Crippen molar-refractivity contribution in [2.24, 2.45) is 5.16 Å². The number of aromatic nitrogens is 5. The second-order valence-corrected chi connectivity index (χ2v) is 10.1. The maximum Gasteiger partial charge on any atom is 0.352 e. The zero-order valence-electron chi connectivity index (χ0n) is 18.6. The maximum absolute atomic E-state index is 12.9. The molecule has 0 radical (unpaired) electrons. The summed E-state index contributed by atoms with van der Waals surface area (Å²) < 4.78 is 5.84. The molecular weight excluding hydrogens is 518 g/mol. The van der Waals surface area contributed by atoms with Crippen molar-refractivity contribution in [3.63, 3.8) is 0 Å². The first-order chi connectivity index (χ1) is 16.8. The molecule has 2 atom stereocenters. The van der Waals surface area contributed by atoms with Gasteiger partial charge in [0.15, 0.2) is 10.3 Å². The SMILES string of the molecule is CCCn1cnnc1SCC1=C(C(=O)O)N2C(=O)C(NC(=O)C(=NOC)c3nsc(N)n3)[C@H]2SC1. The van der Waals surface area contributed by atoms with Crippen LogP contribution in [0.5, 0.6) is 0 Å². The molecule has 0 spiro atoms. The standard InChI is InChI=1S/C18H21N9O5S3/c1-3-4-26-7-20-23-18(26)34-6-8-5-33-15-10(14(29)27(15)11(8)16(30)31)21-13(28)9(24-32-2)12-22-17(19)35-25-12/h7,10,15H,3-6H2,1-2H3,(H,21,28)(H,30,31)(H2,19,22,25)/t10?,15-/m1/s1. The van der Waals surface area contributed by atoms with Crippen molar-refractivity contribution in [1.82, 2.24) is 34.3 Å². The number of nitrogen functional groups attached to an aromatic ring is 1. The topological polar surface area (TPSA) is 191 Å². The fourth-order valence-electron chi connectivity index (χ4n) is 3.51. The number of carboxylic acids is 1. The predicted molar refractivity (Wildman–Crippen MR) is 129 cm³/mol. The van der Waals surface area contributed by atoms with E-state index in [1.807, 2.05) is 11.5 Å². The number of nitrogens with two attached hydrogens (primary N) is 1. The van der Waals surface area contributed by atoms with Crippen molar-refractivity contribution in [2.45, 2.75) is 36.5 Å². The average molecular weight is 540 g/mol. The molecule has 1 saturated heterocycles. The molecule has 14 nitrogen and oxygen atoms in total. The molecule has 4 heterocycles. The summed E-state index contributed by atoms with van der Waals surface area (Å²) in [6, 6.07) is -0.943. The summed E-state index contributed by atoms with van der Waals surface area (Å²) >= 11 is 3.61. The van der Waals surface area contributed by atoms with Gasteiger partial charge in [0.25, 0.3) is 11.8 Å². The molecule has 2 aromatic heterocycles. The van der Waals surface area contributed by atoms with Gasteiger partial charge in [0, 0.05) is 29.6 Å². The zero-order chi connectivity index (χ0) is 25.1. The fourth-order valence-corrected chi connectivity index (χ4v) is 6.37. The van der Waals surface area contributed by atoms with Crippen LogP contribution < -0.4 is 11.1 Å². The summed E-state index contributed by atoms with van der Waals surface area (Å²) in [5, 5.41) is 24.3. The third-order valence-corrected chi connectivity index (χ3v) is 7.96. The minimum atomic E-state index is -1.21. The lowest BCUT2D eigenvalue weighted by molar-refractivity contribution is -0.150. The molecule has 2 aliphatic heterocycles. The van der Waals surface area contributed by atoms with Gasteiger partial charge in [0.2, 0.25) is 11.5 Å². The van der Waals surface area contributed by atoms with Gasteiger partial charge in [-0.3, -0.25) is 14.5 Å². The Kier molecular flexibility index (Phi) is 7.56. The van der Waals surface area contributed by atoms with E-state index < -0.39 is 29.2 Å². The summed E-state index contributed by atoms with van der Waals surface area (Å²) in [4.78, 5) is 47.7. The number of aliphatic carboxylic acids is 1. The minimum Gasteiger partial charge on any atom is -0.477 e. The van der Waals surface area contributed by atoms with Gasteiger partial charge >= 0.3 is 5.97 Å². The number of hydrogen-bond acceptors (Lipinski definition) is 13. The molecule has 0 aromatic carbocycles. The molecule has 0 saturated carbocycles. The highest BCUT2D eigenvalue weighted by atomic mass is 32.2. The van der Waals surface area contributed by atoms with Gasteiger partial charge < -0.3 is 25.6 Å². The van der Waals surface area contributed by atoms with Crippen LogP contribution in [0, 0.1) is 0 Å². The monoisotopic (exact) mass is 539 g/mol. The first-order valence-corrected chi connectivity index (χ1v) is 13.1. The van der Waals surface area contributed by atoms with E-state index in [9.17, 15) is 19.5 Å². The smallest absolute Gasteiger partial charge is 0.352 e. The molecule has 2 amide bonds. The van der Waals surface area contributed by atoms with E-state index in [0.29, 0.717) is 22.2 Å². The van der Waals surface area contributed by atoms with E-state index in [-0.39, 0.29) is 22.4 Å².